The molecule has 1 aliphatic rings. The van der Waals surface area contributed by atoms with Gasteiger partial charge in [-0.1, -0.05) is 18.2 Å². The number of aryl methyl sites for hydroxylation is 2. The molecule has 0 radical (unpaired) electrons. The normalized spacial score (nSPS) is 22.4. The predicted molar refractivity (Wildman–Crippen MR) is 71.1 cm³/mol. The molecule has 2 rings (SSSR count). The van der Waals surface area contributed by atoms with E-state index in [0.717, 1.165) is 26.1 Å². The molecule has 0 aliphatic carbocycles. The number of hydrogen-bond donors (Lipinski definition) is 1. The molecular formula is C15H23NO. The molecule has 0 spiro atoms. The molecule has 1 saturated heterocycles. The SMILES string of the molecule is Cc1ccc(CC(N)C2CCCOC2)cc1C. The van der Waals surface area contributed by atoms with Crippen molar-refractivity contribution in [3.63, 3.8) is 0 Å². The summed E-state index contributed by atoms with van der Waals surface area (Å²) in [4.78, 5) is 0. The molecule has 1 aromatic rings. The summed E-state index contributed by atoms with van der Waals surface area (Å²) < 4.78 is 5.50. The van der Waals surface area contributed by atoms with Crippen LogP contribution in [0.15, 0.2) is 18.2 Å². The summed E-state index contributed by atoms with van der Waals surface area (Å²) in [5.74, 6) is 0.533. The van der Waals surface area contributed by atoms with E-state index < -0.39 is 0 Å². The quantitative estimate of drug-likeness (QED) is 0.871. The minimum absolute atomic E-state index is 0.234. The Morgan fingerprint density at radius 1 is 1.35 bits per heavy atom. The Labute approximate surface area is 104 Å². The van der Waals surface area contributed by atoms with Crippen LogP contribution in [0.3, 0.4) is 0 Å². The molecule has 17 heavy (non-hydrogen) atoms. The summed E-state index contributed by atoms with van der Waals surface area (Å²) in [5.41, 5.74) is 10.3. The number of nitrogens with two attached hydrogens (primary N) is 1. The van der Waals surface area contributed by atoms with Crippen molar-refractivity contribution in [2.75, 3.05) is 13.2 Å². The van der Waals surface area contributed by atoms with Gasteiger partial charge in [-0.3, -0.25) is 0 Å². The fourth-order valence-electron chi connectivity index (χ4n) is 2.47. The van der Waals surface area contributed by atoms with Crippen LogP contribution >= 0.6 is 0 Å². The first-order valence-corrected chi connectivity index (χ1v) is 6.56. The zero-order chi connectivity index (χ0) is 12.3. The number of ether oxygens (including phenoxy) is 1. The zero-order valence-electron chi connectivity index (χ0n) is 10.9. The Morgan fingerprint density at radius 2 is 2.18 bits per heavy atom. The van der Waals surface area contributed by atoms with Gasteiger partial charge in [-0.05, 0) is 55.7 Å². The van der Waals surface area contributed by atoms with E-state index >= 15 is 0 Å². The standard InChI is InChI=1S/C15H23NO/c1-11-5-6-13(8-12(11)2)9-15(16)14-4-3-7-17-10-14/h5-6,8,14-15H,3-4,7,9-10,16H2,1-2H3. The van der Waals surface area contributed by atoms with Crippen molar-refractivity contribution < 1.29 is 4.74 Å². The third kappa shape index (κ3) is 3.30. The van der Waals surface area contributed by atoms with E-state index in [2.05, 4.69) is 32.0 Å². The molecule has 0 amide bonds. The molecule has 1 heterocycles. The maximum Gasteiger partial charge on any atom is 0.0509 e. The second kappa shape index (κ2) is 5.65. The highest BCUT2D eigenvalue weighted by Gasteiger charge is 2.21. The zero-order valence-corrected chi connectivity index (χ0v) is 10.9. The first-order valence-electron chi connectivity index (χ1n) is 6.56. The Balaban J connectivity index is 1.96. The second-order valence-corrected chi connectivity index (χ2v) is 5.26. The molecule has 1 aromatic carbocycles. The minimum atomic E-state index is 0.234. The van der Waals surface area contributed by atoms with E-state index in [1.807, 2.05) is 0 Å². The van der Waals surface area contributed by atoms with Gasteiger partial charge in [-0.2, -0.15) is 0 Å². The third-order valence-corrected chi connectivity index (χ3v) is 3.84. The Kier molecular flexibility index (Phi) is 4.19. The van der Waals surface area contributed by atoms with Crippen LogP contribution in [0.1, 0.15) is 29.5 Å². The summed E-state index contributed by atoms with van der Waals surface area (Å²) in [6.07, 6.45) is 3.34. The van der Waals surface area contributed by atoms with Gasteiger partial charge in [0.1, 0.15) is 0 Å². The Morgan fingerprint density at radius 3 is 2.82 bits per heavy atom. The lowest BCUT2D eigenvalue weighted by atomic mass is 9.89. The maximum absolute atomic E-state index is 6.29. The smallest absolute Gasteiger partial charge is 0.0509 e. The van der Waals surface area contributed by atoms with Gasteiger partial charge in [-0.25, -0.2) is 0 Å². The molecule has 2 heteroatoms. The summed E-state index contributed by atoms with van der Waals surface area (Å²) in [6.45, 7) is 6.06. The van der Waals surface area contributed by atoms with E-state index in [-0.39, 0.29) is 6.04 Å². The van der Waals surface area contributed by atoms with E-state index in [1.165, 1.54) is 23.1 Å². The largest absolute Gasteiger partial charge is 0.381 e. The third-order valence-electron chi connectivity index (χ3n) is 3.84. The summed E-state index contributed by atoms with van der Waals surface area (Å²) in [5, 5.41) is 0. The molecule has 2 atom stereocenters. The molecule has 94 valence electrons. The van der Waals surface area contributed by atoms with Crippen LogP contribution in [0.2, 0.25) is 0 Å². The Hall–Kier alpha value is -0.860. The van der Waals surface area contributed by atoms with Crippen LogP contribution in [-0.2, 0) is 11.2 Å². The maximum atomic E-state index is 6.29. The van der Waals surface area contributed by atoms with Gasteiger partial charge in [0, 0.05) is 12.6 Å². The van der Waals surface area contributed by atoms with E-state index in [9.17, 15) is 0 Å². The summed E-state index contributed by atoms with van der Waals surface area (Å²) >= 11 is 0. The van der Waals surface area contributed by atoms with E-state index in [0.29, 0.717) is 5.92 Å². The van der Waals surface area contributed by atoms with Crippen LogP contribution < -0.4 is 5.73 Å². The van der Waals surface area contributed by atoms with Crippen LogP contribution in [0.4, 0.5) is 0 Å². The Bertz CT molecular complexity index is 369. The lowest BCUT2D eigenvalue weighted by Crippen LogP contribution is -2.37. The number of rotatable bonds is 3. The van der Waals surface area contributed by atoms with Gasteiger partial charge in [-0.15, -0.1) is 0 Å². The molecule has 0 bridgehead atoms. The molecule has 0 aromatic heterocycles. The lowest BCUT2D eigenvalue weighted by molar-refractivity contribution is 0.0450. The van der Waals surface area contributed by atoms with Crippen LogP contribution in [0, 0.1) is 19.8 Å². The molecule has 2 unspecified atom stereocenters. The lowest BCUT2D eigenvalue weighted by Gasteiger charge is -2.27. The summed E-state index contributed by atoms with van der Waals surface area (Å²) in [7, 11) is 0. The van der Waals surface area contributed by atoms with Crippen LogP contribution in [-0.4, -0.2) is 19.3 Å². The predicted octanol–water partition coefficient (Wildman–Crippen LogP) is 2.60. The highest BCUT2D eigenvalue weighted by atomic mass is 16.5. The average Bonchev–Trinajstić information content (AvgIpc) is 2.35. The molecule has 2 N–H and O–H groups in total. The van der Waals surface area contributed by atoms with Crippen molar-refractivity contribution in [1.29, 1.82) is 0 Å². The first kappa shape index (κ1) is 12.6. The number of hydrogen-bond acceptors (Lipinski definition) is 2. The first-order chi connectivity index (χ1) is 8.16. The van der Waals surface area contributed by atoms with Gasteiger partial charge < -0.3 is 10.5 Å². The average molecular weight is 233 g/mol. The fraction of sp³-hybridized carbons (Fsp3) is 0.600. The van der Waals surface area contributed by atoms with Gasteiger partial charge in [0.05, 0.1) is 6.61 Å². The molecular weight excluding hydrogens is 210 g/mol. The monoisotopic (exact) mass is 233 g/mol. The highest BCUT2D eigenvalue weighted by Crippen LogP contribution is 2.20. The van der Waals surface area contributed by atoms with E-state index in [4.69, 9.17) is 10.5 Å². The minimum Gasteiger partial charge on any atom is -0.381 e. The van der Waals surface area contributed by atoms with Crippen molar-refractivity contribution in [1.82, 2.24) is 0 Å². The van der Waals surface area contributed by atoms with Crippen molar-refractivity contribution in [3.8, 4) is 0 Å². The van der Waals surface area contributed by atoms with Gasteiger partial charge in [0.15, 0.2) is 0 Å². The van der Waals surface area contributed by atoms with E-state index in [1.54, 1.807) is 0 Å². The van der Waals surface area contributed by atoms with Crippen molar-refractivity contribution in [3.05, 3.63) is 34.9 Å². The van der Waals surface area contributed by atoms with Crippen LogP contribution in [0.5, 0.6) is 0 Å². The topological polar surface area (TPSA) is 35.2 Å². The second-order valence-electron chi connectivity index (χ2n) is 5.26. The molecule has 0 saturated carbocycles. The molecule has 1 aliphatic heterocycles. The van der Waals surface area contributed by atoms with Crippen molar-refractivity contribution >= 4 is 0 Å². The summed E-state index contributed by atoms with van der Waals surface area (Å²) in [6, 6.07) is 6.89. The molecule has 2 nitrogen and oxygen atoms in total. The van der Waals surface area contributed by atoms with Gasteiger partial charge >= 0.3 is 0 Å². The van der Waals surface area contributed by atoms with Gasteiger partial charge in [0.25, 0.3) is 0 Å². The highest BCUT2D eigenvalue weighted by molar-refractivity contribution is 5.30. The van der Waals surface area contributed by atoms with Crippen molar-refractivity contribution in [2.45, 2.75) is 39.2 Å². The van der Waals surface area contributed by atoms with Crippen LogP contribution in [0.25, 0.3) is 0 Å². The van der Waals surface area contributed by atoms with Crippen molar-refractivity contribution in [2.24, 2.45) is 11.7 Å². The fourth-order valence-corrected chi connectivity index (χ4v) is 2.47. The molecule has 1 fully saturated rings. The van der Waals surface area contributed by atoms with Gasteiger partial charge in [0.2, 0.25) is 0 Å². The number of benzene rings is 1.